The molecule has 3 aromatic rings. The van der Waals surface area contributed by atoms with Crippen LogP contribution in [0.15, 0.2) is 65.9 Å². The average molecular weight is 463 g/mol. The number of aromatic nitrogens is 1. The highest BCUT2D eigenvalue weighted by Gasteiger charge is 2.45. The smallest absolute Gasteiger partial charge is 0.298 e. The Labute approximate surface area is 185 Å². The second-order valence-electron chi connectivity index (χ2n) is 7.07. The number of nitrogens with two attached hydrogens (primary N) is 2. The molecular weight excluding hydrogens is 445 g/mol. The summed E-state index contributed by atoms with van der Waals surface area (Å²) >= 11 is 0. The molecule has 172 valence electrons. The Bertz CT molecular complexity index is 1150. The molecule has 0 bridgehead atoms. The molecule has 11 heteroatoms. The van der Waals surface area contributed by atoms with Crippen molar-refractivity contribution in [1.82, 2.24) is 9.99 Å². The third-order valence-electron chi connectivity index (χ3n) is 4.86. The first kappa shape index (κ1) is 23.8. The van der Waals surface area contributed by atoms with Crippen molar-refractivity contribution in [3.05, 3.63) is 101 Å². The summed E-state index contributed by atoms with van der Waals surface area (Å²) in [7, 11) is 0. The van der Waals surface area contributed by atoms with E-state index in [9.17, 15) is 18.0 Å². The molecule has 33 heavy (non-hydrogen) atoms. The van der Waals surface area contributed by atoms with Gasteiger partial charge in [0.2, 0.25) is 0 Å². The first-order valence-electron chi connectivity index (χ1n) is 9.47. The molecule has 0 saturated carbocycles. The molecule has 0 spiro atoms. The molecule has 2 aromatic carbocycles. The molecule has 0 aliphatic carbocycles. The van der Waals surface area contributed by atoms with E-state index < -0.39 is 52.9 Å². The lowest BCUT2D eigenvalue weighted by Crippen LogP contribution is -2.40. The molecule has 3 rings (SSSR count). The van der Waals surface area contributed by atoms with Gasteiger partial charge in [-0.05, 0) is 48.0 Å². The molecule has 0 amide bonds. The maximum Gasteiger partial charge on any atom is 0.298 e. The van der Waals surface area contributed by atoms with Gasteiger partial charge in [0.05, 0.1) is 5.92 Å². The van der Waals surface area contributed by atoms with Crippen molar-refractivity contribution in [2.45, 2.75) is 11.8 Å². The third-order valence-corrected chi connectivity index (χ3v) is 4.86. The van der Waals surface area contributed by atoms with Crippen LogP contribution in [-0.4, -0.2) is 28.7 Å². The average Bonchev–Trinajstić information content (AvgIpc) is 2.78. The second kappa shape index (κ2) is 9.74. The largest absolute Gasteiger partial charge is 0.322 e. The van der Waals surface area contributed by atoms with Crippen LogP contribution in [0.1, 0.15) is 33.1 Å². The Morgan fingerprint density at radius 3 is 2.24 bits per heavy atom. The van der Waals surface area contributed by atoms with Crippen LogP contribution in [0.2, 0.25) is 0 Å². The van der Waals surface area contributed by atoms with Crippen molar-refractivity contribution in [2.24, 2.45) is 16.8 Å². The highest BCUT2D eigenvalue weighted by Crippen LogP contribution is 2.42. The number of hydrogen-bond donors (Lipinski definition) is 2. The van der Waals surface area contributed by atoms with Crippen LogP contribution in [0.25, 0.3) is 0 Å². The molecule has 1 unspecified atom stereocenters. The number of nitrogens with zero attached hydrogens (tertiary/aromatic N) is 3. The van der Waals surface area contributed by atoms with Crippen molar-refractivity contribution < 1.29 is 26.7 Å². The van der Waals surface area contributed by atoms with Gasteiger partial charge in [-0.25, -0.2) is 19.0 Å². The molecule has 1 heterocycles. The van der Waals surface area contributed by atoms with Crippen molar-refractivity contribution >= 4 is 12.1 Å². The van der Waals surface area contributed by atoms with Crippen molar-refractivity contribution in [3.63, 3.8) is 0 Å². The summed E-state index contributed by atoms with van der Waals surface area (Å²) in [5, 5.41) is 3.87. The summed E-state index contributed by atoms with van der Waals surface area (Å²) in [4.78, 5) is 16.2. The molecule has 0 saturated heterocycles. The van der Waals surface area contributed by atoms with Crippen LogP contribution in [-0.2, 0) is 5.92 Å². The van der Waals surface area contributed by atoms with Gasteiger partial charge in [-0.2, -0.15) is 13.9 Å². The van der Waals surface area contributed by atoms with E-state index in [0.29, 0.717) is 6.07 Å². The van der Waals surface area contributed by atoms with E-state index in [1.807, 2.05) is 0 Å². The fraction of sp³-hybridized carbons (Fsp3) is 0.136. The highest BCUT2D eigenvalue weighted by atomic mass is 19.3. The number of alkyl halides is 2. The third kappa shape index (κ3) is 5.32. The number of hydrogen-bond acceptors (Lipinski definition) is 5. The SMILES string of the molecule is N/N=C\N(N)CC(c1ccc(F)cc1F)C(F)(F)c1ccc(C(=O)c2ccc(F)cc2)cn1. The van der Waals surface area contributed by atoms with E-state index in [-0.39, 0.29) is 11.1 Å². The molecule has 0 fully saturated rings. The predicted molar refractivity (Wildman–Crippen MR) is 111 cm³/mol. The van der Waals surface area contributed by atoms with E-state index >= 15 is 8.78 Å². The number of carbonyl (C=O) groups is 1. The van der Waals surface area contributed by atoms with Gasteiger partial charge < -0.3 is 5.84 Å². The van der Waals surface area contributed by atoms with Gasteiger partial charge in [-0.3, -0.25) is 14.8 Å². The Hall–Kier alpha value is -3.86. The zero-order valence-electron chi connectivity index (χ0n) is 16.9. The van der Waals surface area contributed by atoms with Gasteiger partial charge in [0.15, 0.2) is 5.78 Å². The minimum atomic E-state index is -3.80. The number of halogens is 5. The van der Waals surface area contributed by atoms with Crippen molar-refractivity contribution in [1.29, 1.82) is 0 Å². The zero-order valence-corrected chi connectivity index (χ0v) is 16.9. The van der Waals surface area contributed by atoms with Gasteiger partial charge in [-0.15, -0.1) is 0 Å². The van der Waals surface area contributed by atoms with Crippen molar-refractivity contribution in [2.75, 3.05) is 6.54 Å². The van der Waals surface area contributed by atoms with E-state index in [0.717, 1.165) is 53.9 Å². The van der Waals surface area contributed by atoms with Crippen LogP contribution in [0, 0.1) is 17.5 Å². The molecule has 0 radical (unpaired) electrons. The van der Waals surface area contributed by atoms with E-state index in [1.54, 1.807) is 0 Å². The maximum atomic E-state index is 15.5. The number of ketones is 1. The molecule has 1 aromatic heterocycles. The van der Waals surface area contributed by atoms with Crippen LogP contribution < -0.4 is 11.7 Å². The Morgan fingerprint density at radius 2 is 1.67 bits per heavy atom. The van der Waals surface area contributed by atoms with Crippen LogP contribution in [0.5, 0.6) is 0 Å². The Kier molecular flexibility index (Phi) is 7.02. The van der Waals surface area contributed by atoms with Gasteiger partial charge in [-0.1, -0.05) is 6.07 Å². The number of hydrazine groups is 1. The van der Waals surface area contributed by atoms with Gasteiger partial charge in [0.25, 0.3) is 5.92 Å². The first-order chi connectivity index (χ1) is 15.6. The summed E-state index contributed by atoms with van der Waals surface area (Å²) in [6.07, 6.45) is 1.80. The van der Waals surface area contributed by atoms with Crippen molar-refractivity contribution in [3.8, 4) is 0 Å². The second-order valence-corrected chi connectivity index (χ2v) is 7.07. The van der Waals surface area contributed by atoms with E-state index in [1.165, 1.54) is 12.1 Å². The summed E-state index contributed by atoms with van der Waals surface area (Å²) in [6.45, 7) is -0.645. The van der Waals surface area contributed by atoms with E-state index in [2.05, 4.69) is 10.1 Å². The number of rotatable bonds is 8. The summed E-state index contributed by atoms with van der Waals surface area (Å²) in [5.41, 5.74) is -1.15. The molecular formula is C22H18F5N5O. The normalized spacial score (nSPS) is 12.7. The zero-order chi connectivity index (χ0) is 24.2. The molecule has 0 aliphatic rings. The standard InChI is InChI=1S/C22H18F5N5O/c23-15-4-1-13(2-5-15)21(33)14-3-8-20(30-10-14)22(26,27)18(11-32(29)12-31-28)17-7-6-16(24)9-19(17)25/h1-10,12,18H,11,28-29H2/b31-12-. The highest BCUT2D eigenvalue weighted by molar-refractivity contribution is 6.08. The van der Waals surface area contributed by atoms with Crippen LogP contribution >= 0.6 is 0 Å². The van der Waals surface area contributed by atoms with Gasteiger partial charge in [0.1, 0.15) is 29.5 Å². The van der Waals surface area contributed by atoms with Crippen LogP contribution in [0.3, 0.4) is 0 Å². The quantitative estimate of drug-likeness (QED) is 0.133. The first-order valence-corrected chi connectivity index (χ1v) is 9.47. The minimum Gasteiger partial charge on any atom is -0.322 e. The number of hydrazone groups is 1. The number of carbonyl (C=O) groups excluding carboxylic acids is 1. The Morgan fingerprint density at radius 1 is 1.03 bits per heavy atom. The molecule has 1 atom stereocenters. The van der Waals surface area contributed by atoms with E-state index in [4.69, 9.17) is 11.7 Å². The summed E-state index contributed by atoms with van der Waals surface area (Å²) in [5.74, 6) is 1.66. The summed E-state index contributed by atoms with van der Waals surface area (Å²) in [6, 6.07) is 8.95. The maximum absolute atomic E-state index is 15.5. The lowest BCUT2D eigenvalue weighted by molar-refractivity contribution is -0.0443. The minimum absolute atomic E-state index is 0.0126. The Balaban J connectivity index is 1.96. The fourth-order valence-electron chi connectivity index (χ4n) is 3.21. The monoisotopic (exact) mass is 463 g/mol. The summed E-state index contributed by atoms with van der Waals surface area (Å²) < 4.78 is 71.7. The lowest BCUT2D eigenvalue weighted by Gasteiger charge is -2.29. The molecule has 4 N–H and O–H groups in total. The number of benzene rings is 2. The van der Waals surface area contributed by atoms with Crippen LogP contribution in [0.4, 0.5) is 22.0 Å². The predicted octanol–water partition coefficient (Wildman–Crippen LogP) is 3.68. The lowest BCUT2D eigenvalue weighted by atomic mass is 9.89. The molecule has 6 nitrogen and oxygen atoms in total. The van der Waals surface area contributed by atoms with Gasteiger partial charge >= 0.3 is 0 Å². The number of pyridine rings is 1. The topological polar surface area (TPSA) is 97.6 Å². The van der Waals surface area contributed by atoms with Gasteiger partial charge in [0, 0.05) is 29.9 Å². The molecule has 0 aliphatic heterocycles. The fourth-order valence-corrected chi connectivity index (χ4v) is 3.21.